The summed E-state index contributed by atoms with van der Waals surface area (Å²) in [7, 11) is 2.20. The van der Waals surface area contributed by atoms with E-state index in [9.17, 15) is 9.90 Å². The first-order valence-electron chi connectivity index (χ1n) is 15.6. The Hall–Kier alpha value is -0.570. The summed E-state index contributed by atoms with van der Waals surface area (Å²) in [6, 6.07) is 0. The summed E-state index contributed by atoms with van der Waals surface area (Å²) in [6.45, 7) is 11.4. The molecule has 1 heterocycles. The molecule has 3 heteroatoms. The van der Waals surface area contributed by atoms with Gasteiger partial charge in [0.25, 0.3) is 0 Å². The molecule has 1 aliphatic rings. The van der Waals surface area contributed by atoms with Crippen molar-refractivity contribution in [1.82, 2.24) is 4.90 Å². The van der Waals surface area contributed by atoms with Gasteiger partial charge >= 0.3 is 5.97 Å². The quantitative estimate of drug-likeness (QED) is 0.162. The van der Waals surface area contributed by atoms with Crippen LogP contribution in [0.3, 0.4) is 0 Å². The van der Waals surface area contributed by atoms with Crippen molar-refractivity contribution in [1.29, 1.82) is 0 Å². The number of hydrogen-bond donors (Lipinski definition) is 1. The number of nitrogens with zero attached hydrogens (tertiary/aromatic N) is 1. The fourth-order valence-corrected chi connectivity index (χ4v) is 6.56. The number of carboxylic acids is 1. The predicted molar refractivity (Wildman–Crippen MR) is 153 cm³/mol. The third kappa shape index (κ3) is 13.5. The van der Waals surface area contributed by atoms with Crippen LogP contribution in [0.4, 0.5) is 0 Å². The van der Waals surface area contributed by atoms with Crippen molar-refractivity contribution in [2.75, 3.05) is 7.05 Å². The SMILES string of the molecule is CCCCCCCCCCCCCCCCCCCCC(C(=O)O)C1CC(C)(C)N(C)C(C)(C)C1. The van der Waals surface area contributed by atoms with E-state index < -0.39 is 5.97 Å². The van der Waals surface area contributed by atoms with Crippen molar-refractivity contribution in [2.24, 2.45) is 11.8 Å². The van der Waals surface area contributed by atoms with E-state index in [-0.39, 0.29) is 17.0 Å². The van der Waals surface area contributed by atoms with Crippen molar-refractivity contribution < 1.29 is 9.90 Å². The molecule has 0 bridgehead atoms. The van der Waals surface area contributed by atoms with Crippen LogP contribution in [0.1, 0.15) is 169 Å². The van der Waals surface area contributed by atoms with E-state index in [1.54, 1.807) is 0 Å². The van der Waals surface area contributed by atoms with E-state index in [2.05, 4.69) is 46.6 Å². The highest BCUT2D eigenvalue weighted by molar-refractivity contribution is 5.70. The Kier molecular flexibility index (Phi) is 16.5. The minimum Gasteiger partial charge on any atom is -0.481 e. The molecule has 0 radical (unpaired) electrons. The molecule has 0 aromatic rings. The zero-order valence-corrected chi connectivity index (χ0v) is 24.8. The monoisotopic (exact) mass is 493 g/mol. The lowest BCUT2D eigenvalue weighted by Gasteiger charge is -2.54. The van der Waals surface area contributed by atoms with Gasteiger partial charge < -0.3 is 5.11 Å². The van der Waals surface area contributed by atoms with Crippen molar-refractivity contribution in [3.05, 3.63) is 0 Å². The number of unbranched alkanes of at least 4 members (excludes halogenated alkanes) is 17. The number of carboxylic acid groups (broad SMARTS) is 1. The number of hydrogen-bond acceptors (Lipinski definition) is 2. The van der Waals surface area contributed by atoms with Gasteiger partial charge in [0.1, 0.15) is 0 Å². The van der Waals surface area contributed by atoms with Gasteiger partial charge in [0.05, 0.1) is 5.92 Å². The highest BCUT2D eigenvalue weighted by Gasteiger charge is 2.46. The summed E-state index contributed by atoms with van der Waals surface area (Å²) in [5.41, 5.74) is 0.127. The van der Waals surface area contributed by atoms with Gasteiger partial charge in [-0.15, -0.1) is 0 Å². The Labute approximate surface area is 220 Å². The molecule has 35 heavy (non-hydrogen) atoms. The van der Waals surface area contributed by atoms with Crippen LogP contribution in [0.25, 0.3) is 0 Å². The van der Waals surface area contributed by atoms with Crippen molar-refractivity contribution in [3.63, 3.8) is 0 Å². The van der Waals surface area contributed by atoms with E-state index in [1.165, 1.54) is 109 Å². The average molecular weight is 494 g/mol. The first-order valence-corrected chi connectivity index (χ1v) is 15.6. The van der Waals surface area contributed by atoms with Crippen LogP contribution in [0, 0.1) is 11.8 Å². The van der Waals surface area contributed by atoms with E-state index >= 15 is 0 Å². The van der Waals surface area contributed by atoms with Gasteiger partial charge in [0, 0.05) is 11.1 Å². The highest BCUT2D eigenvalue weighted by Crippen LogP contribution is 2.44. The molecule has 3 nitrogen and oxygen atoms in total. The fourth-order valence-electron chi connectivity index (χ4n) is 6.56. The van der Waals surface area contributed by atoms with Gasteiger partial charge in [-0.2, -0.15) is 0 Å². The lowest BCUT2D eigenvalue weighted by Crippen LogP contribution is -2.59. The largest absolute Gasteiger partial charge is 0.481 e. The normalized spacial score (nSPS) is 19.1. The molecule has 0 aliphatic carbocycles. The van der Waals surface area contributed by atoms with Gasteiger partial charge in [-0.05, 0) is 59.9 Å². The van der Waals surface area contributed by atoms with Crippen LogP contribution in [-0.2, 0) is 4.79 Å². The maximum atomic E-state index is 12.1. The Morgan fingerprint density at radius 2 is 1.00 bits per heavy atom. The van der Waals surface area contributed by atoms with E-state index in [0.29, 0.717) is 5.92 Å². The smallest absolute Gasteiger partial charge is 0.306 e. The molecule has 208 valence electrons. The maximum Gasteiger partial charge on any atom is 0.306 e. The number of carbonyl (C=O) groups is 1. The standard InChI is InChI=1S/C32H63NO2/c1-7-8-9-10-11-12-13-14-15-16-17-18-19-20-21-22-23-24-25-29(30(34)35)28-26-31(2,3)33(6)32(4,5)27-28/h28-29H,7-27H2,1-6H3,(H,34,35). The Bertz CT molecular complexity index is 524. The molecular formula is C32H63NO2. The fraction of sp³-hybridized carbons (Fsp3) is 0.969. The summed E-state index contributed by atoms with van der Waals surface area (Å²) in [4.78, 5) is 14.6. The summed E-state index contributed by atoms with van der Waals surface area (Å²) < 4.78 is 0. The van der Waals surface area contributed by atoms with Crippen LogP contribution in [0.15, 0.2) is 0 Å². The van der Waals surface area contributed by atoms with Crippen LogP contribution < -0.4 is 0 Å². The summed E-state index contributed by atoms with van der Waals surface area (Å²) >= 11 is 0. The van der Waals surface area contributed by atoms with Gasteiger partial charge in [-0.1, -0.05) is 122 Å². The van der Waals surface area contributed by atoms with Crippen LogP contribution in [0.5, 0.6) is 0 Å². The van der Waals surface area contributed by atoms with Crippen molar-refractivity contribution in [2.45, 2.75) is 181 Å². The third-order valence-electron chi connectivity index (χ3n) is 9.09. The molecule has 1 unspecified atom stereocenters. The summed E-state index contributed by atoms with van der Waals surface area (Å²) in [5.74, 6) is -0.457. The molecule has 1 aliphatic heterocycles. The highest BCUT2D eigenvalue weighted by atomic mass is 16.4. The van der Waals surface area contributed by atoms with Gasteiger partial charge in [0.15, 0.2) is 0 Å². The molecule has 1 N–H and O–H groups in total. The second kappa shape index (κ2) is 17.8. The Morgan fingerprint density at radius 1 is 0.686 bits per heavy atom. The van der Waals surface area contributed by atoms with E-state index in [1.807, 2.05) is 0 Å². The molecule has 0 aromatic heterocycles. The first kappa shape index (κ1) is 32.5. The molecule has 1 atom stereocenters. The predicted octanol–water partition coefficient (Wildman–Crippen LogP) is 10.0. The molecule has 0 aromatic carbocycles. The number of likely N-dealkylation sites (tertiary alicyclic amines) is 1. The maximum absolute atomic E-state index is 12.1. The first-order chi connectivity index (χ1) is 16.6. The number of rotatable bonds is 21. The summed E-state index contributed by atoms with van der Waals surface area (Å²) in [6.07, 6.45) is 27.6. The molecule has 0 spiro atoms. The lowest BCUT2D eigenvalue weighted by molar-refractivity contribution is -0.147. The second-order valence-corrected chi connectivity index (χ2v) is 13.1. The van der Waals surface area contributed by atoms with Crippen molar-refractivity contribution >= 4 is 5.97 Å². The van der Waals surface area contributed by atoms with Gasteiger partial charge in [-0.25, -0.2) is 0 Å². The molecule has 1 saturated heterocycles. The van der Waals surface area contributed by atoms with E-state index in [4.69, 9.17) is 0 Å². The molecule has 1 fully saturated rings. The van der Waals surface area contributed by atoms with Gasteiger partial charge in [0.2, 0.25) is 0 Å². The van der Waals surface area contributed by atoms with Crippen molar-refractivity contribution in [3.8, 4) is 0 Å². The minimum atomic E-state index is -0.571. The topological polar surface area (TPSA) is 40.5 Å². The molecule has 0 amide bonds. The van der Waals surface area contributed by atoms with Gasteiger partial charge in [-0.3, -0.25) is 9.69 Å². The van der Waals surface area contributed by atoms with Crippen LogP contribution in [0.2, 0.25) is 0 Å². The number of aliphatic carboxylic acids is 1. The Morgan fingerprint density at radius 3 is 1.31 bits per heavy atom. The number of piperidine rings is 1. The second-order valence-electron chi connectivity index (χ2n) is 13.1. The zero-order valence-electron chi connectivity index (χ0n) is 24.8. The van der Waals surface area contributed by atoms with E-state index in [0.717, 1.165) is 25.7 Å². The summed E-state index contributed by atoms with van der Waals surface area (Å²) in [5, 5.41) is 9.96. The van der Waals surface area contributed by atoms with Crippen LogP contribution >= 0.6 is 0 Å². The lowest BCUT2D eigenvalue weighted by atomic mass is 9.68. The third-order valence-corrected chi connectivity index (χ3v) is 9.09. The van der Waals surface area contributed by atoms with Crippen LogP contribution in [-0.4, -0.2) is 34.1 Å². The molecular weight excluding hydrogens is 430 g/mol. The zero-order chi connectivity index (χ0) is 26.2. The molecule has 0 saturated carbocycles. The average Bonchev–Trinajstić information content (AvgIpc) is 2.78. The molecule has 1 rings (SSSR count). The Balaban J connectivity index is 2.03. The minimum absolute atomic E-state index is 0.0635.